The molecule has 0 aromatic heterocycles. The molecule has 1 amide bonds. The van der Waals surface area contributed by atoms with E-state index >= 15 is 0 Å². The van der Waals surface area contributed by atoms with Gasteiger partial charge in [-0.25, -0.2) is 0 Å². The number of carbonyl (C=O) groups is 2. The summed E-state index contributed by atoms with van der Waals surface area (Å²) in [4.78, 5) is 26.5. The monoisotopic (exact) mass is 409 g/mol. The zero-order valence-corrected chi connectivity index (χ0v) is 18.7. The van der Waals surface area contributed by atoms with Crippen LogP contribution in [0.3, 0.4) is 0 Å². The zero-order valence-electron chi connectivity index (χ0n) is 18.7. The van der Waals surface area contributed by atoms with Crippen molar-refractivity contribution in [3.05, 3.63) is 23.8 Å². The second kappa shape index (κ2) is 11.0. The highest BCUT2D eigenvalue weighted by molar-refractivity contribution is 5.77. The average Bonchev–Trinajstić information content (AvgIpc) is 2.69. The molecular formula is C22H35NO6. The lowest BCUT2D eigenvalue weighted by atomic mass is 9.92. The van der Waals surface area contributed by atoms with Crippen molar-refractivity contribution in [1.82, 2.24) is 4.90 Å². The molecule has 0 heterocycles. The van der Waals surface area contributed by atoms with Crippen LogP contribution in [0.2, 0.25) is 0 Å². The molecule has 29 heavy (non-hydrogen) atoms. The molecule has 1 N–H and O–H groups in total. The van der Waals surface area contributed by atoms with Crippen LogP contribution in [-0.2, 0) is 14.3 Å². The summed E-state index contributed by atoms with van der Waals surface area (Å²) in [7, 11) is 3.05. The van der Waals surface area contributed by atoms with Crippen LogP contribution in [0, 0.1) is 11.3 Å². The highest BCUT2D eigenvalue weighted by Crippen LogP contribution is 2.34. The normalized spacial score (nSPS) is 13.4. The summed E-state index contributed by atoms with van der Waals surface area (Å²) in [6.45, 7) is 10.2. The number of ether oxygens (including phenoxy) is 3. The molecule has 0 saturated carbocycles. The summed E-state index contributed by atoms with van der Waals surface area (Å²) >= 11 is 0. The first-order valence-corrected chi connectivity index (χ1v) is 9.93. The van der Waals surface area contributed by atoms with E-state index in [1.165, 1.54) is 14.2 Å². The van der Waals surface area contributed by atoms with Gasteiger partial charge in [0.25, 0.3) is 0 Å². The summed E-state index contributed by atoms with van der Waals surface area (Å²) in [5.74, 6) is -0.0425. The SMILES string of the molecule is CCN(CC)C(=O)C[C@H](COC(=O)C(C)(C)C)[C@@H](O)c1ccc(OC)c(OC)c1. The fourth-order valence-corrected chi connectivity index (χ4v) is 2.90. The fourth-order valence-electron chi connectivity index (χ4n) is 2.90. The molecule has 7 nitrogen and oxygen atoms in total. The Morgan fingerprint density at radius 2 is 1.66 bits per heavy atom. The van der Waals surface area contributed by atoms with Crippen molar-refractivity contribution in [3.63, 3.8) is 0 Å². The minimum atomic E-state index is -1.01. The molecular weight excluding hydrogens is 374 g/mol. The summed E-state index contributed by atoms with van der Waals surface area (Å²) in [5.41, 5.74) is -0.103. The second-order valence-corrected chi connectivity index (χ2v) is 7.94. The number of hydrogen-bond donors (Lipinski definition) is 1. The van der Waals surface area contributed by atoms with Crippen LogP contribution < -0.4 is 9.47 Å². The second-order valence-electron chi connectivity index (χ2n) is 7.94. The highest BCUT2D eigenvalue weighted by atomic mass is 16.5. The molecule has 0 spiro atoms. The Morgan fingerprint density at radius 3 is 2.14 bits per heavy atom. The number of methoxy groups -OCH3 is 2. The van der Waals surface area contributed by atoms with Crippen LogP contribution in [-0.4, -0.2) is 55.8 Å². The van der Waals surface area contributed by atoms with Gasteiger partial charge in [0.1, 0.15) is 0 Å². The van der Waals surface area contributed by atoms with Gasteiger partial charge in [-0.3, -0.25) is 9.59 Å². The van der Waals surface area contributed by atoms with E-state index in [1.54, 1.807) is 43.9 Å². The van der Waals surface area contributed by atoms with Crippen molar-refractivity contribution >= 4 is 11.9 Å². The maximum absolute atomic E-state index is 12.6. The quantitative estimate of drug-likeness (QED) is 0.598. The molecule has 164 valence electrons. The van der Waals surface area contributed by atoms with E-state index < -0.39 is 17.4 Å². The number of hydrogen-bond acceptors (Lipinski definition) is 6. The third-order valence-corrected chi connectivity index (χ3v) is 4.79. The Labute approximate surface area is 173 Å². The minimum Gasteiger partial charge on any atom is -0.493 e. The van der Waals surface area contributed by atoms with Crippen LogP contribution >= 0.6 is 0 Å². The maximum Gasteiger partial charge on any atom is 0.311 e. The van der Waals surface area contributed by atoms with Gasteiger partial charge in [-0.05, 0) is 52.3 Å². The summed E-state index contributed by atoms with van der Waals surface area (Å²) < 4.78 is 16.0. The van der Waals surface area contributed by atoms with Gasteiger partial charge in [-0.2, -0.15) is 0 Å². The van der Waals surface area contributed by atoms with Gasteiger partial charge >= 0.3 is 5.97 Å². The topological polar surface area (TPSA) is 85.3 Å². The van der Waals surface area contributed by atoms with Crippen molar-refractivity contribution in [1.29, 1.82) is 0 Å². The van der Waals surface area contributed by atoms with Crippen molar-refractivity contribution in [2.75, 3.05) is 33.9 Å². The molecule has 0 aliphatic carbocycles. The smallest absolute Gasteiger partial charge is 0.311 e. The van der Waals surface area contributed by atoms with Crippen LogP contribution in [0.4, 0.5) is 0 Å². The van der Waals surface area contributed by atoms with E-state index in [4.69, 9.17) is 14.2 Å². The molecule has 0 saturated heterocycles. The predicted octanol–water partition coefficient (Wildman–Crippen LogP) is 3.20. The maximum atomic E-state index is 12.6. The van der Waals surface area contributed by atoms with Crippen LogP contribution in [0.1, 0.15) is 52.7 Å². The summed E-state index contributed by atoms with van der Waals surface area (Å²) in [6.07, 6.45) is -0.948. The molecule has 1 aromatic rings. The Morgan fingerprint density at radius 1 is 1.07 bits per heavy atom. The standard InChI is InChI=1S/C22H35NO6/c1-8-23(9-2)19(24)13-16(14-29-21(26)22(3,4)5)20(25)15-10-11-17(27-6)18(12-15)28-7/h10-12,16,20,25H,8-9,13-14H2,1-7H3/t16-,20+/m1/s1. The first-order valence-electron chi connectivity index (χ1n) is 9.93. The summed E-state index contributed by atoms with van der Waals surface area (Å²) in [6, 6.07) is 5.08. The van der Waals surface area contributed by atoms with Crippen LogP contribution in [0.25, 0.3) is 0 Å². The third kappa shape index (κ3) is 6.92. The van der Waals surface area contributed by atoms with E-state index in [-0.39, 0.29) is 24.9 Å². The molecule has 1 rings (SSSR count). The summed E-state index contributed by atoms with van der Waals surface area (Å²) in [5, 5.41) is 11.0. The van der Waals surface area contributed by atoms with Gasteiger partial charge in [0.05, 0.1) is 32.3 Å². The van der Waals surface area contributed by atoms with Crippen LogP contribution in [0.5, 0.6) is 11.5 Å². The third-order valence-electron chi connectivity index (χ3n) is 4.79. The van der Waals surface area contributed by atoms with Crippen molar-refractivity contribution in [3.8, 4) is 11.5 Å². The van der Waals surface area contributed by atoms with Gasteiger partial charge in [-0.1, -0.05) is 6.07 Å². The Bertz CT molecular complexity index is 678. The van der Waals surface area contributed by atoms with Gasteiger partial charge in [0.2, 0.25) is 5.91 Å². The molecule has 0 aliphatic rings. The average molecular weight is 410 g/mol. The first-order chi connectivity index (χ1) is 13.6. The Hall–Kier alpha value is -2.28. The van der Waals surface area contributed by atoms with E-state index in [1.807, 2.05) is 13.8 Å². The number of amides is 1. The Balaban J connectivity index is 3.10. The molecule has 1 aromatic carbocycles. The van der Waals surface area contributed by atoms with E-state index in [0.29, 0.717) is 30.2 Å². The van der Waals surface area contributed by atoms with Gasteiger partial charge in [0, 0.05) is 25.4 Å². The van der Waals surface area contributed by atoms with Crippen molar-refractivity contribution in [2.24, 2.45) is 11.3 Å². The molecule has 7 heteroatoms. The van der Waals surface area contributed by atoms with E-state index in [0.717, 1.165) is 0 Å². The van der Waals surface area contributed by atoms with Crippen LogP contribution in [0.15, 0.2) is 18.2 Å². The molecule has 2 atom stereocenters. The molecule has 0 fully saturated rings. The number of carbonyl (C=O) groups excluding carboxylic acids is 2. The van der Waals surface area contributed by atoms with Gasteiger partial charge in [0.15, 0.2) is 11.5 Å². The molecule has 0 bridgehead atoms. The number of nitrogens with zero attached hydrogens (tertiary/aromatic N) is 1. The van der Waals surface area contributed by atoms with Crippen molar-refractivity contribution < 1.29 is 28.9 Å². The van der Waals surface area contributed by atoms with Crippen molar-refractivity contribution in [2.45, 2.75) is 47.1 Å². The van der Waals surface area contributed by atoms with E-state index in [2.05, 4.69) is 0 Å². The Kier molecular flexibility index (Phi) is 9.43. The number of aliphatic hydroxyl groups is 1. The first kappa shape index (κ1) is 24.8. The minimum absolute atomic E-state index is 0.0569. The lowest BCUT2D eigenvalue weighted by molar-refractivity contribution is -0.156. The number of rotatable bonds is 10. The zero-order chi connectivity index (χ0) is 22.2. The fraction of sp³-hybridized carbons (Fsp3) is 0.636. The molecule has 0 aliphatic heterocycles. The predicted molar refractivity (Wildman–Crippen MR) is 111 cm³/mol. The number of esters is 1. The lowest BCUT2D eigenvalue weighted by Gasteiger charge is -2.27. The van der Waals surface area contributed by atoms with E-state index in [9.17, 15) is 14.7 Å². The molecule has 0 unspecified atom stereocenters. The highest BCUT2D eigenvalue weighted by Gasteiger charge is 2.30. The number of benzene rings is 1. The largest absolute Gasteiger partial charge is 0.493 e. The van der Waals surface area contributed by atoms with Gasteiger partial charge in [-0.15, -0.1) is 0 Å². The molecule has 0 radical (unpaired) electrons. The lowest BCUT2D eigenvalue weighted by Crippen LogP contribution is -2.35. The van der Waals surface area contributed by atoms with Gasteiger partial charge < -0.3 is 24.2 Å². The number of aliphatic hydroxyl groups excluding tert-OH is 1.